The lowest BCUT2D eigenvalue weighted by molar-refractivity contribution is 0.505. The molecule has 2 rings (SSSR count). The Balaban J connectivity index is 2.29. The second-order valence-electron chi connectivity index (χ2n) is 4.81. The molecule has 0 saturated heterocycles. The molecule has 2 atom stereocenters. The van der Waals surface area contributed by atoms with Gasteiger partial charge < -0.3 is 5.73 Å². The molecule has 3 heteroatoms. The second kappa shape index (κ2) is 3.27. The van der Waals surface area contributed by atoms with E-state index in [0.29, 0.717) is 12.5 Å². The van der Waals surface area contributed by atoms with E-state index < -0.39 is 11.6 Å². The van der Waals surface area contributed by atoms with E-state index in [2.05, 4.69) is 13.8 Å². The Morgan fingerprint density at radius 2 is 1.93 bits per heavy atom. The summed E-state index contributed by atoms with van der Waals surface area (Å²) < 4.78 is 25.8. The molecule has 0 unspecified atom stereocenters. The lowest BCUT2D eigenvalue weighted by atomic mass is 10.0. The number of hydrogen-bond donors (Lipinski definition) is 1. The van der Waals surface area contributed by atoms with Crippen molar-refractivity contribution in [2.45, 2.75) is 19.8 Å². The zero-order valence-electron chi connectivity index (χ0n) is 8.93. The first kappa shape index (κ1) is 10.6. The Labute approximate surface area is 88.3 Å². The molecule has 1 nitrogen and oxygen atoms in total. The van der Waals surface area contributed by atoms with Crippen molar-refractivity contribution in [3.63, 3.8) is 0 Å². The van der Waals surface area contributed by atoms with Gasteiger partial charge in [0.05, 0.1) is 0 Å². The summed E-state index contributed by atoms with van der Waals surface area (Å²) in [5.41, 5.74) is 6.60. The van der Waals surface area contributed by atoms with E-state index >= 15 is 0 Å². The van der Waals surface area contributed by atoms with E-state index in [1.807, 2.05) is 0 Å². The van der Waals surface area contributed by atoms with Crippen LogP contribution in [0.4, 0.5) is 8.78 Å². The van der Waals surface area contributed by atoms with Crippen LogP contribution in [0, 0.1) is 23.0 Å². The predicted molar refractivity (Wildman–Crippen MR) is 55.4 cm³/mol. The Kier molecular flexibility index (Phi) is 2.30. The van der Waals surface area contributed by atoms with Gasteiger partial charge in [0, 0.05) is 0 Å². The van der Waals surface area contributed by atoms with Gasteiger partial charge in [-0.25, -0.2) is 8.78 Å². The van der Waals surface area contributed by atoms with E-state index in [0.717, 1.165) is 5.56 Å². The van der Waals surface area contributed by atoms with E-state index in [1.165, 1.54) is 12.1 Å². The smallest absolute Gasteiger partial charge is 0.159 e. The zero-order chi connectivity index (χ0) is 11.2. The normalized spacial score (nSPS) is 27.8. The summed E-state index contributed by atoms with van der Waals surface area (Å²) >= 11 is 0. The minimum atomic E-state index is -0.790. The first-order chi connectivity index (χ1) is 6.98. The summed E-state index contributed by atoms with van der Waals surface area (Å²) in [6.45, 7) is 4.81. The number of rotatable bonds is 2. The summed E-state index contributed by atoms with van der Waals surface area (Å²) in [4.78, 5) is 0. The number of hydrogen-bond acceptors (Lipinski definition) is 1. The van der Waals surface area contributed by atoms with Gasteiger partial charge in [-0.05, 0) is 41.5 Å². The van der Waals surface area contributed by atoms with E-state index in [9.17, 15) is 8.78 Å². The third-order valence-electron chi connectivity index (χ3n) is 3.61. The van der Waals surface area contributed by atoms with Crippen LogP contribution in [0.3, 0.4) is 0 Å². The molecule has 1 aliphatic rings. The van der Waals surface area contributed by atoms with E-state index in [-0.39, 0.29) is 11.3 Å². The van der Waals surface area contributed by atoms with Crippen LogP contribution in [0.25, 0.3) is 0 Å². The van der Waals surface area contributed by atoms with Crippen molar-refractivity contribution in [1.82, 2.24) is 0 Å². The lowest BCUT2D eigenvalue weighted by Gasteiger charge is -2.03. The second-order valence-corrected chi connectivity index (χ2v) is 4.81. The van der Waals surface area contributed by atoms with Crippen LogP contribution in [0.5, 0.6) is 0 Å². The molecule has 0 radical (unpaired) electrons. The van der Waals surface area contributed by atoms with E-state index in [4.69, 9.17) is 5.73 Å². The lowest BCUT2D eigenvalue weighted by Crippen LogP contribution is -2.05. The SMILES string of the molecule is CC1(C)[C@H](CN)[C@H]1c1ccc(F)c(F)c1. The predicted octanol–water partition coefficient (Wildman–Crippen LogP) is 2.66. The molecule has 0 heterocycles. The molecule has 2 N–H and O–H groups in total. The summed E-state index contributed by atoms with van der Waals surface area (Å²) in [5.74, 6) is -0.924. The molecule has 0 bridgehead atoms. The number of halogens is 2. The van der Waals surface area contributed by atoms with Crippen molar-refractivity contribution < 1.29 is 8.78 Å². The molecule has 0 spiro atoms. The summed E-state index contributed by atoms with van der Waals surface area (Å²) in [6, 6.07) is 4.13. The van der Waals surface area contributed by atoms with Gasteiger partial charge in [0.15, 0.2) is 11.6 Å². The van der Waals surface area contributed by atoms with Crippen LogP contribution in [0.2, 0.25) is 0 Å². The van der Waals surface area contributed by atoms with Crippen molar-refractivity contribution in [1.29, 1.82) is 0 Å². The molecule has 1 aromatic carbocycles. The fraction of sp³-hybridized carbons (Fsp3) is 0.500. The maximum Gasteiger partial charge on any atom is 0.159 e. The van der Waals surface area contributed by atoms with Crippen molar-refractivity contribution in [2.24, 2.45) is 17.1 Å². The topological polar surface area (TPSA) is 26.0 Å². The summed E-state index contributed by atoms with van der Waals surface area (Å²) in [7, 11) is 0. The van der Waals surface area contributed by atoms with Gasteiger partial charge in [-0.3, -0.25) is 0 Å². The van der Waals surface area contributed by atoms with Gasteiger partial charge in [-0.2, -0.15) is 0 Å². The number of nitrogens with two attached hydrogens (primary N) is 1. The van der Waals surface area contributed by atoms with Crippen molar-refractivity contribution in [3.8, 4) is 0 Å². The van der Waals surface area contributed by atoms with Crippen LogP contribution >= 0.6 is 0 Å². The Morgan fingerprint density at radius 3 is 2.40 bits per heavy atom. The Hall–Kier alpha value is -0.960. The van der Waals surface area contributed by atoms with Gasteiger partial charge in [0.25, 0.3) is 0 Å². The maximum absolute atomic E-state index is 13.0. The standard InChI is InChI=1S/C12H15F2N/c1-12(2)8(6-15)11(12)7-3-4-9(13)10(14)5-7/h3-5,8,11H,6,15H2,1-2H3/t8-,11-/m1/s1. The van der Waals surface area contributed by atoms with Crippen molar-refractivity contribution >= 4 is 0 Å². The summed E-state index contributed by atoms with van der Waals surface area (Å²) in [5, 5.41) is 0. The first-order valence-corrected chi connectivity index (χ1v) is 5.13. The van der Waals surface area contributed by atoms with Gasteiger partial charge in [0.1, 0.15) is 0 Å². The highest BCUT2D eigenvalue weighted by Crippen LogP contribution is 2.63. The fourth-order valence-electron chi connectivity index (χ4n) is 2.55. The maximum atomic E-state index is 13.0. The van der Waals surface area contributed by atoms with Crippen LogP contribution < -0.4 is 5.73 Å². The van der Waals surface area contributed by atoms with Crippen LogP contribution in [-0.2, 0) is 0 Å². The van der Waals surface area contributed by atoms with E-state index in [1.54, 1.807) is 6.07 Å². The third kappa shape index (κ3) is 1.55. The molecule has 0 aliphatic heterocycles. The molecule has 0 amide bonds. The third-order valence-corrected chi connectivity index (χ3v) is 3.61. The monoisotopic (exact) mass is 211 g/mol. The average molecular weight is 211 g/mol. The van der Waals surface area contributed by atoms with Crippen LogP contribution in [0.1, 0.15) is 25.3 Å². The minimum absolute atomic E-state index is 0.110. The van der Waals surface area contributed by atoms with Crippen molar-refractivity contribution in [3.05, 3.63) is 35.4 Å². The average Bonchev–Trinajstić information content (AvgIpc) is 2.73. The van der Waals surface area contributed by atoms with Crippen LogP contribution in [-0.4, -0.2) is 6.54 Å². The van der Waals surface area contributed by atoms with Gasteiger partial charge in [0.2, 0.25) is 0 Å². The highest BCUT2D eigenvalue weighted by molar-refractivity contribution is 5.32. The van der Waals surface area contributed by atoms with Gasteiger partial charge in [-0.1, -0.05) is 19.9 Å². The van der Waals surface area contributed by atoms with Gasteiger partial charge >= 0.3 is 0 Å². The summed E-state index contributed by atoms with van der Waals surface area (Å²) in [6.07, 6.45) is 0. The number of benzene rings is 1. The Bertz CT molecular complexity index is 387. The fourth-order valence-corrected chi connectivity index (χ4v) is 2.55. The minimum Gasteiger partial charge on any atom is -0.330 e. The Morgan fingerprint density at radius 1 is 1.27 bits per heavy atom. The highest BCUT2D eigenvalue weighted by atomic mass is 19.2. The van der Waals surface area contributed by atoms with Gasteiger partial charge in [-0.15, -0.1) is 0 Å². The first-order valence-electron chi connectivity index (χ1n) is 5.13. The quantitative estimate of drug-likeness (QED) is 0.799. The molecular weight excluding hydrogens is 196 g/mol. The molecule has 1 fully saturated rings. The molecule has 82 valence electrons. The van der Waals surface area contributed by atoms with Crippen molar-refractivity contribution in [2.75, 3.05) is 6.54 Å². The molecule has 1 aromatic rings. The zero-order valence-corrected chi connectivity index (χ0v) is 8.93. The highest BCUT2D eigenvalue weighted by Gasteiger charge is 2.57. The molecular formula is C12H15F2N. The largest absolute Gasteiger partial charge is 0.330 e. The van der Waals surface area contributed by atoms with Crippen LogP contribution in [0.15, 0.2) is 18.2 Å². The molecule has 0 aromatic heterocycles. The molecule has 1 aliphatic carbocycles. The molecule has 1 saturated carbocycles. The molecule has 15 heavy (non-hydrogen) atoms.